The molecule has 9 nitrogen and oxygen atoms in total. The van der Waals surface area contributed by atoms with E-state index in [4.69, 9.17) is 4.74 Å². The molecule has 0 bridgehead atoms. The highest BCUT2D eigenvalue weighted by Gasteiger charge is 2.35. The number of aryl methyl sites for hydroxylation is 2. The molecule has 1 aliphatic rings. The van der Waals surface area contributed by atoms with Crippen molar-refractivity contribution in [2.75, 3.05) is 6.61 Å². The van der Waals surface area contributed by atoms with Crippen molar-refractivity contribution >= 4 is 29.5 Å². The van der Waals surface area contributed by atoms with Gasteiger partial charge in [0.2, 0.25) is 5.16 Å². The Balaban J connectivity index is 1.83. The van der Waals surface area contributed by atoms with Crippen molar-refractivity contribution in [2.45, 2.75) is 32.0 Å². The minimum absolute atomic E-state index is 0.214. The third-order valence-corrected chi connectivity index (χ3v) is 5.49. The van der Waals surface area contributed by atoms with Gasteiger partial charge in [-0.05, 0) is 44.2 Å². The van der Waals surface area contributed by atoms with Gasteiger partial charge in [-0.3, -0.25) is 4.40 Å². The molecular weight excluding hydrogens is 404 g/mol. The highest BCUT2D eigenvalue weighted by atomic mass is 32.2. The molecule has 0 fully saturated rings. The lowest BCUT2D eigenvalue weighted by atomic mass is 9.98. The standard InChI is InChI=1S/C20H20N6O3S/c1-4-29-17(27)14-15(13-8-6-5-7-9-13)22-19(28)23-16(14)30-20-25-24-18-21-11(2)10-12(3)26(18)20/h5-10,15H,4H2,1-3H3,(H2,22,23,28)/t15-/m0/s1. The summed E-state index contributed by atoms with van der Waals surface area (Å²) < 4.78 is 7.07. The van der Waals surface area contributed by atoms with Crippen LogP contribution in [0.15, 0.2) is 52.2 Å². The largest absolute Gasteiger partial charge is 0.462 e. The number of aromatic nitrogens is 4. The van der Waals surface area contributed by atoms with E-state index in [1.165, 1.54) is 0 Å². The average Bonchev–Trinajstić information content (AvgIpc) is 3.11. The number of ether oxygens (including phenoxy) is 1. The van der Waals surface area contributed by atoms with Crippen molar-refractivity contribution < 1.29 is 14.3 Å². The molecule has 0 saturated heterocycles. The predicted octanol–water partition coefficient (Wildman–Crippen LogP) is 2.66. The Morgan fingerprint density at radius 3 is 2.73 bits per heavy atom. The van der Waals surface area contributed by atoms with Gasteiger partial charge in [0.25, 0.3) is 5.78 Å². The van der Waals surface area contributed by atoms with Crippen molar-refractivity contribution in [3.05, 3.63) is 64.0 Å². The topological polar surface area (TPSA) is 111 Å². The smallest absolute Gasteiger partial charge is 0.339 e. The number of thioether (sulfide) groups is 1. The molecule has 2 aromatic heterocycles. The van der Waals surface area contributed by atoms with Crippen LogP contribution in [0.3, 0.4) is 0 Å². The van der Waals surface area contributed by atoms with E-state index in [9.17, 15) is 9.59 Å². The van der Waals surface area contributed by atoms with Gasteiger partial charge in [0.15, 0.2) is 0 Å². The second-order valence-corrected chi connectivity index (χ2v) is 7.64. The molecule has 30 heavy (non-hydrogen) atoms. The van der Waals surface area contributed by atoms with E-state index in [2.05, 4.69) is 25.8 Å². The van der Waals surface area contributed by atoms with Crippen LogP contribution in [0.5, 0.6) is 0 Å². The number of hydrogen-bond acceptors (Lipinski definition) is 7. The van der Waals surface area contributed by atoms with Gasteiger partial charge in [-0.15, -0.1) is 10.2 Å². The highest BCUT2D eigenvalue weighted by Crippen LogP contribution is 2.35. The number of carbonyl (C=O) groups is 2. The fourth-order valence-corrected chi connectivity index (χ4v) is 4.33. The number of esters is 1. The summed E-state index contributed by atoms with van der Waals surface area (Å²) in [5, 5.41) is 14.7. The van der Waals surface area contributed by atoms with Crippen molar-refractivity contribution in [3.8, 4) is 0 Å². The summed E-state index contributed by atoms with van der Waals surface area (Å²) >= 11 is 1.14. The quantitative estimate of drug-likeness (QED) is 0.606. The average molecular weight is 424 g/mol. The third-order valence-electron chi connectivity index (χ3n) is 4.52. The number of urea groups is 1. The minimum Gasteiger partial charge on any atom is -0.462 e. The maximum atomic E-state index is 12.9. The molecule has 154 valence electrons. The summed E-state index contributed by atoms with van der Waals surface area (Å²) in [7, 11) is 0. The molecule has 4 rings (SSSR count). The molecule has 1 aromatic carbocycles. The Morgan fingerprint density at radius 1 is 1.23 bits per heavy atom. The number of carbonyl (C=O) groups excluding carboxylic acids is 2. The lowest BCUT2D eigenvalue weighted by molar-refractivity contribution is -0.139. The number of benzene rings is 1. The zero-order valence-corrected chi connectivity index (χ0v) is 17.5. The van der Waals surface area contributed by atoms with Gasteiger partial charge < -0.3 is 15.4 Å². The maximum Gasteiger partial charge on any atom is 0.339 e. The van der Waals surface area contributed by atoms with Crippen molar-refractivity contribution in [3.63, 3.8) is 0 Å². The molecule has 1 atom stereocenters. The summed E-state index contributed by atoms with van der Waals surface area (Å²) in [6.07, 6.45) is 0. The number of hydrogen-bond donors (Lipinski definition) is 2. The zero-order valence-electron chi connectivity index (χ0n) is 16.7. The van der Waals surface area contributed by atoms with E-state index in [0.717, 1.165) is 28.7 Å². The van der Waals surface area contributed by atoms with Gasteiger partial charge in [0.1, 0.15) is 0 Å². The van der Waals surface area contributed by atoms with Crippen LogP contribution in [0.4, 0.5) is 4.79 Å². The summed E-state index contributed by atoms with van der Waals surface area (Å²) in [6, 6.07) is 10.1. The molecule has 0 aliphatic carbocycles. The number of amides is 2. The van der Waals surface area contributed by atoms with Crippen molar-refractivity contribution in [1.82, 2.24) is 30.2 Å². The van der Waals surface area contributed by atoms with Gasteiger partial charge in [-0.2, -0.15) is 0 Å². The van der Waals surface area contributed by atoms with Gasteiger partial charge in [-0.1, -0.05) is 30.3 Å². The molecule has 2 amide bonds. The maximum absolute atomic E-state index is 12.9. The fraction of sp³-hybridized carbons (Fsp3) is 0.250. The van der Waals surface area contributed by atoms with Crippen LogP contribution in [0.2, 0.25) is 0 Å². The number of nitrogens with zero attached hydrogens (tertiary/aromatic N) is 4. The van der Waals surface area contributed by atoms with E-state index < -0.39 is 18.0 Å². The number of rotatable bonds is 5. The minimum atomic E-state index is -0.651. The molecule has 0 unspecified atom stereocenters. The summed E-state index contributed by atoms with van der Waals surface area (Å²) in [5.74, 6) is -0.0611. The zero-order chi connectivity index (χ0) is 21.3. The molecule has 3 aromatic rings. The molecule has 0 saturated carbocycles. The SMILES string of the molecule is CCOC(=O)C1=C(Sc2nnc3nc(C)cc(C)n23)NC(=O)N[C@H]1c1ccccc1. The molecule has 10 heteroatoms. The predicted molar refractivity (Wildman–Crippen MR) is 111 cm³/mol. The Labute approximate surface area is 176 Å². The first-order valence-electron chi connectivity index (χ1n) is 9.39. The molecule has 2 N–H and O–H groups in total. The number of nitrogens with one attached hydrogen (secondary N) is 2. The van der Waals surface area contributed by atoms with Gasteiger partial charge >= 0.3 is 12.0 Å². The normalized spacial score (nSPS) is 16.4. The van der Waals surface area contributed by atoms with E-state index in [-0.39, 0.29) is 6.61 Å². The fourth-order valence-electron chi connectivity index (χ4n) is 3.29. The number of fused-ring (bicyclic) bond motifs is 1. The Morgan fingerprint density at radius 2 is 2.00 bits per heavy atom. The monoisotopic (exact) mass is 424 g/mol. The van der Waals surface area contributed by atoms with Gasteiger partial charge in [0, 0.05) is 11.4 Å². The Kier molecular flexibility index (Phi) is 5.40. The Bertz CT molecular complexity index is 1160. The summed E-state index contributed by atoms with van der Waals surface area (Å²) in [4.78, 5) is 29.7. The lowest BCUT2D eigenvalue weighted by Crippen LogP contribution is -2.45. The molecular formula is C20H20N6O3S. The van der Waals surface area contributed by atoms with Crippen LogP contribution in [0, 0.1) is 13.8 Å². The molecule has 3 heterocycles. The summed E-state index contributed by atoms with van der Waals surface area (Å²) in [6.45, 7) is 5.75. The Hall–Kier alpha value is -3.40. The van der Waals surface area contributed by atoms with Crippen molar-refractivity contribution in [2.24, 2.45) is 0 Å². The first-order chi connectivity index (χ1) is 14.5. The van der Waals surface area contributed by atoms with Crippen LogP contribution < -0.4 is 10.6 Å². The molecule has 1 aliphatic heterocycles. The van der Waals surface area contributed by atoms with Gasteiger partial charge in [0.05, 0.1) is 23.3 Å². The summed E-state index contributed by atoms with van der Waals surface area (Å²) in [5.41, 5.74) is 2.80. The molecule has 0 spiro atoms. The van der Waals surface area contributed by atoms with E-state index in [0.29, 0.717) is 21.5 Å². The van der Waals surface area contributed by atoms with Crippen LogP contribution in [-0.2, 0) is 9.53 Å². The highest BCUT2D eigenvalue weighted by molar-refractivity contribution is 8.03. The van der Waals surface area contributed by atoms with E-state index in [1.54, 1.807) is 11.3 Å². The first kappa shape index (κ1) is 19.9. The van der Waals surface area contributed by atoms with Crippen LogP contribution in [0.25, 0.3) is 5.78 Å². The van der Waals surface area contributed by atoms with Gasteiger partial charge in [-0.25, -0.2) is 14.6 Å². The van der Waals surface area contributed by atoms with Crippen LogP contribution in [0.1, 0.15) is 29.9 Å². The van der Waals surface area contributed by atoms with E-state index in [1.807, 2.05) is 50.2 Å². The van der Waals surface area contributed by atoms with E-state index >= 15 is 0 Å². The first-order valence-corrected chi connectivity index (χ1v) is 10.2. The van der Waals surface area contributed by atoms with Crippen LogP contribution in [-0.4, -0.2) is 38.2 Å². The molecule has 0 radical (unpaired) electrons. The van der Waals surface area contributed by atoms with Crippen molar-refractivity contribution in [1.29, 1.82) is 0 Å². The third kappa shape index (κ3) is 3.73. The second-order valence-electron chi connectivity index (χ2n) is 6.66. The van der Waals surface area contributed by atoms with Crippen LogP contribution >= 0.6 is 11.8 Å². The second kappa shape index (κ2) is 8.15. The lowest BCUT2D eigenvalue weighted by Gasteiger charge is -2.28.